The van der Waals surface area contributed by atoms with Crippen molar-refractivity contribution in [3.05, 3.63) is 29.8 Å². The van der Waals surface area contributed by atoms with Crippen molar-refractivity contribution in [3.8, 4) is 0 Å². The van der Waals surface area contributed by atoms with Crippen LogP contribution in [0.3, 0.4) is 0 Å². The third-order valence-electron chi connectivity index (χ3n) is 2.09. The Bertz CT molecular complexity index is 499. The van der Waals surface area contributed by atoms with E-state index in [9.17, 15) is 13.2 Å². The third kappa shape index (κ3) is 2.94. The van der Waals surface area contributed by atoms with Crippen molar-refractivity contribution in [3.63, 3.8) is 0 Å². The summed E-state index contributed by atoms with van der Waals surface area (Å²) in [5.41, 5.74) is 6.31. The highest BCUT2D eigenvalue weighted by atomic mass is 127. The Morgan fingerprint density at radius 1 is 1.50 bits per heavy atom. The largest absolute Gasteiger partial charge is 0.399 e. The predicted molar refractivity (Wildman–Crippen MR) is 72.5 cm³/mol. The maximum Gasteiger partial charge on any atom is 0.190 e. The van der Waals surface area contributed by atoms with Gasteiger partial charge in [0.25, 0.3) is 0 Å². The van der Waals surface area contributed by atoms with E-state index in [-0.39, 0.29) is 5.75 Å². The number of alkyl halides is 1. The first-order valence-electron chi connectivity index (χ1n) is 4.64. The zero-order chi connectivity index (χ0) is 12.3. The molecular formula is C10H12INO3S. The van der Waals surface area contributed by atoms with Gasteiger partial charge in [0.15, 0.2) is 18.9 Å². The van der Waals surface area contributed by atoms with Crippen molar-refractivity contribution in [2.45, 2.75) is 10.2 Å². The van der Waals surface area contributed by atoms with E-state index in [4.69, 9.17) is 5.73 Å². The molecule has 16 heavy (non-hydrogen) atoms. The van der Waals surface area contributed by atoms with Crippen molar-refractivity contribution >= 4 is 43.9 Å². The number of hydrogen-bond acceptors (Lipinski definition) is 4. The summed E-state index contributed by atoms with van der Waals surface area (Å²) in [4.78, 5) is 11.9. The van der Waals surface area contributed by atoms with Gasteiger partial charge in [0.1, 0.15) is 0 Å². The molecule has 0 aliphatic heterocycles. The molecule has 1 aromatic carbocycles. The van der Waals surface area contributed by atoms with E-state index in [0.717, 1.165) is 0 Å². The second-order valence-electron chi connectivity index (χ2n) is 3.26. The number of carbonyl (C=O) groups is 1. The summed E-state index contributed by atoms with van der Waals surface area (Å²) in [6.45, 7) is 1.52. The maximum atomic E-state index is 11.9. The molecule has 0 spiro atoms. The fourth-order valence-electron chi connectivity index (χ4n) is 1.13. The van der Waals surface area contributed by atoms with Gasteiger partial charge in [0.2, 0.25) is 0 Å². The lowest BCUT2D eigenvalue weighted by Gasteiger charge is -2.09. The number of ketones is 1. The molecule has 6 heteroatoms. The Kier molecular flexibility index (Phi) is 4.31. The van der Waals surface area contributed by atoms with Gasteiger partial charge in [-0.15, -0.1) is 0 Å². The molecule has 0 fully saturated rings. The smallest absolute Gasteiger partial charge is 0.190 e. The maximum absolute atomic E-state index is 11.9. The van der Waals surface area contributed by atoms with E-state index in [2.05, 4.69) is 0 Å². The minimum atomic E-state index is -3.36. The van der Waals surface area contributed by atoms with Gasteiger partial charge in [-0.25, -0.2) is 8.42 Å². The fraction of sp³-hybridized carbons (Fsp3) is 0.300. The van der Waals surface area contributed by atoms with E-state index in [1.54, 1.807) is 40.8 Å². The van der Waals surface area contributed by atoms with E-state index >= 15 is 0 Å². The molecule has 1 atom stereocenters. The summed E-state index contributed by atoms with van der Waals surface area (Å²) in [5, 5.41) is 0. The molecule has 1 aromatic rings. The zero-order valence-electron chi connectivity index (χ0n) is 8.68. The molecule has 0 bridgehead atoms. The summed E-state index contributed by atoms with van der Waals surface area (Å²) < 4.78 is 22.0. The quantitative estimate of drug-likeness (QED) is 0.387. The Hall–Kier alpha value is -0.630. The molecule has 1 rings (SSSR count). The molecule has 0 amide bonds. The van der Waals surface area contributed by atoms with Gasteiger partial charge in [-0.1, -0.05) is 41.6 Å². The number of Topliss-reactive ketones (excluding diaryl/α,β-unsaturated/α-hetero) is 1. The minimum absolute atomic E-state index is 0.0470. The lowest BCUT2D eigenvalue weighted by atomic mass is 10.1. The van der Waals surface area contributed by atoms with Crippen LogP contribution in [0.4, 0.5) is 5.69 Å². The first kappa shape index (κ1) is 13.4. The highest BCUT2D eigenvalue weighted by molar-refractivity contribution is 14.1. The second-order valence-corrected chi connectivity index (χ2v) is 7.72. The lowest BCUT2D eigenvalue weighted by molar-refractivity contribution is 0.101. The van der Waals surface area contributed by atoms with Crippen molar-refractivity contribution in [1.82, 2.24) is 0 Å². The average Bonchev–Trinajstić information content (AvgIpc) is 2.27. The van der Waals surface area contributed by atoms with Crippen LogP contribution in [0.15, 0.2) is 24.3 Å². The van der Waals surface area contributed by atoms with Crippen LogP contribution in [-0.4, -0.2) is 23.2 Å². The fourth-order valence-corrected chi connectivity index (χ4v) is 3.33. The number of sulfone groups is 1. The highest BCUT2D eigenvalue weighted by Crippen LogP contribution is 2.18. The molecule has 0 aliphatic rings. The molecule has 0 unspecified atom stereocenters. The Labute approximate surface area is 108 Å². The number of carbonyl (C=O) groups excluding carboxylic acids is 1. The molecule has 88 valence electrons. The first-order chi connectivity index (χ1) is 7.38. The van der Waals surface area contributed by atoms with Crippen LogP contribution in [0.5, 0.6) is 0 Å². The summed E-state index contributed by atoms with van der Waals surface area (Å²) >= 11 is 1.65. The average molecular weight is 353 g/mol. The van der Waals surface area contributed by atoms with Crippen LogP contribution in [0.1, 0.15) is 17.3 Å². The van der Waals surface area contributed by atoms with E-state index in [0.29, 0.717) is 11.3 Å². The number of nitrogens with two attached hydrogens (primary N) is 1. The van der Waals surface area contributed by atoms with Crippen LogP contribution in [0, 0.1) is 0 Å². The van der Waals surface area contributed by atoms with Crippen LogP contribution in [0.25, 0.3) is 0 Å². The predicted octanol–water partition coefficient (Wildman–Crippen LogP) is 1.65. The van der Waals surface area contributed by atoms with Crippen molar-refractivity contribution in [2.24, 2.45) is 0 Å². The van der Waals surface area contributed by atoms with Gasteiger partial charge in [0.05, 0.1) is 0 Å². The number of anilines is 1. The first-order valence-corrected chi connectivity index (χ1v) is 7.60. The van der Waals surface area contributed by atoms with Gasteiger partial charge < -0.3 is 5.73 Å². The minimum Gasteiger partial charge on any atom is -0.399 e. The van der Waals surface area contributed by atoms with Gasteiger partial charge in [-0.05, 0) is 12.1 Å². The topological polar surface area (TPSA) is 77.2 Å². The summed E-state index contributed by atoms with van der Waals surface area (Å²) in [6.07, 6.45) is 0. The highest BCUT2D eigenvalue weighted by Gasteiger charge is 2.28. The zero-order valence-corrected chi connectivity index (χ0v) is 11.7. The van der Waals surface area contributed by atoms with Crippen LogP contribution in [-0.2, 0) is 9.84 Å². The van der Waals surface area contributed by atoms with Crippen molar-refractivity contribution < 1.29 is 13.2 Å². The number of benzene rings is 1. The van der Waals surface area contributed by atoms with Gasteiger partial charge >= 0.3 is 0 Å². The van der Waals surface area contributed by atoms with Crippen LogP contribution < -0.4 is 5.73 Å². The monoisotopic (exact) mass is 353 g/mol. The normalized spacial score (nSPS) is 13.4. The second kappa shape index (κ2) is 5.13. The standard InChI is InChI=1S/C10H12INO3S/c1-2-16(14,15)10(11)9(13)7-4-3-5-8(12)6-7/h3-6,10H,2,12H2,1H3/t10-/m1/s1. The van der Waals surface area contributed by atoms with Gasteiger partial charge in [-0.3, -0.25) is 4.79 Å². The molecule has 0 radical (unpaired) electrons. The van der Waals surface area contributed by atoms with E-state index in [1.807, 2.05) is 0 Å². The molecule has 0 aliphatic carbocycles. The Balaban J connectivity index is 3.04. The van der Waals surface area contributed by atoms with Gasteiger partial charge in [-0.2, -0.15) is 0 Å². The number of hydrogen-bond donors (Lipinski definition) is 1. The van der Waals surface area contributed by atoms with Crippen LogP contribution in [0.2, 0.25) is 0 Å². The summed E-state index contributed by atoms with van der Waals surface area (Å²) in [5.74, 6) is -0.468. The molecule has 0 saturated carbocycles. The molecule has 0 aromatic heterocycles. The number of nitrogen functional groups attached to an aromatic ring is 1. The summed E-state index contributed by atoms with van der Waals surface area (Å²) in [7, 11) is -3.36. The SMILES string of the molecule is CCS(=O)(=O)[C@@H](I)C(=O)c1cccc(N)c1. The molecule has 0 heterocycles. The molecule has 0 saturated heterocycles. The lowest BCUT2D eigenvalue weighted by Crippen LogP contribution is -2.26. The van der Waals surface area contributed by atoms with E-state index in [1.165, 1.54) is 13.0 Å². The van der Waals surface area contributed by atoms with E-state index < -0.39 is 18.9 Å². The van der Waals surface area contributed by atoms with Gasteiger partial charge in [0, 0.05) is 17.0 Å². The summed E-state index contributed by atoms with van der Waals surface area (Å²) in [6, 6.07) is 6.33. The Morgan fingerprint density at radius 3 is 2.62 bits per heavy atom. The molecule has 4 nitrogen and oxygen atoms in total. The molecular weight excluding hydrogens is 341 g/mol. The van der Waals surface area contributed by atoms with Crippen molar-refractivity contribution in [1.29, 1.82) is 0 Å². The van der Waals surface area contributed by atoms with Crippen molar-refractivity contribution in [2.75, 3.05) is 11.5 Å². The third-order valence-corrected chi connectivity index (χ3v) is 6.63. The number of halogens is 1. The Morgan fingerprint density at radius 2 is 2.12 bits per heavy atom. The van der Waals surface area contributed by atoms with Crippen LogP contribution >= 0.6 is 22.6 Å². The number of rotatable bonds is 4. The molecule has 2 N–H and O–H groups in total.